The van der Waals surface area contributed by atoms with Crippen LogP contribution < -0.4 is 10.1 Å². The van der Waals surface area contributed by atoms with Gasteiger partial charge in [0, 0.05) is 6.54 Å². The first kappa shape index (κ1) is 14.8. The number of rotatable bonds is 5. The number of ether oxygens (including phenoxy) is 1. The summed E-state index contributed by atoms with van der Waals surface area (Å²) in [4.78, 5) is 14.1. The van der Waals surface area contributed by atoms with Gasteiger partial charge in [0.05, 0.1) is 13.2 Å². The maximum absolute atomic E-state index is 13.8. The van der Waals surface area contributed by atoms with E-state index in [4.69, 9.17) is 4.74 Å². The zero-order valence-electron chi connectivity index (χ0n) is 12.1. The Bertz CT molecular complexity index is 493. The van der Waals surface area contributed by atoms with Crippen LogP contribution in [0.2, 0.25) is 0 Å². The smallest absolute Gasteiger partial charge is 0.241 e. The predicted molar refractivity (Wildman–Crippen MR) is 74.9 cm³/mol. The first-order valence-electron chi connectivity index (χ1n) is 7.02. The quantitative estimate of drug-likeness (QED) is 0.901. The molecule has 0 radical (unpaired) electrons. The number of hydrogen-bond donors (Lipinski definition) is 1. The van der Waals surface area contributed by atoms with Gasteiger partial charge in [-0.25, -0.2) is 4.39 Å². The van der Waals surface area contributed by atoms with E-state index in [1.807, 2.05) is 13.8 Å². The van der Waals surface area contributed by atoms with Crippen LogP contribution in [0.15, 0.2) is 18.2 Å². The van der Waals surface area contributed by atoms with Crippen molar-refractivity contribution >= 4 is 5.91 Å². The SMILES string of the molecule is CCCN1C(=O)C(CC)NC1c1ccc(OC)c(F)c1. The molecule has 1 aliphatic heterocycles. The molecular weight excluding hydrogens is 259 g/mol. The molecule has 1 amide bonds. The van der Waals surface area contributed by atoms with Gasteiger partial charge in [0.1, 0.15) is 6.17 Å². The lowest BCUT2D eigenvalue weighted by molar-refractivity contribution is -0.130. The van der Waals surface area contributed by atoms with Crippen molar-refractivity contribution in [2.24, 2.45) is 0 Å². The molecule has 0 aromatic heterocycles. The molecule has 2 atom stereocenters. The van der Waals surface area contributed by atoms with Crippen LogP contribution in [0.5, 0.6) is 5.75 Å². The standard InChI is InChI=1S/C15H21FN2O2/c1-4-8-18-14(17-12(5-2)15(18)19)10-6-7-13(20-3)11(16)9-10/h6-7,9,12,14,17H,4-5,8H2,1-3H3. The third kappa shape index (κ3) is 2.63. The Morgan fingerprint density at radius 3 is 2.70 bits per heavy atom. The van der Waals surface area contributed by atoms with Gasteiger partial charge in [-0.2, -0.15) is 0 Å². The maximum atomic E-state index is 13.8. The lowest BCUT2D eigenvalue weighted by atomic mass is 10.1. The summed E-state index contributed by atoms with van der Waals surface area (Å²) in [6.07, 6.45) is 1.35. The molecule has 5 heteroatoms. The van der Waals surface area contributed by atoms with E-state index in [9.17, 15) is 9.18 Å². The van der Waals surface area contributed by atoms with E-state index in [-0.39, 0.29) is 23.9 Å². The molecule has 0 bridgehead atoms. The largest absolute Gasteiger partial charge is 0.494 e. The van der Waals surface area contributed by atoms with Crippen LogP contribution >= 0.6 is 0 Å². The zero-order valence-corrected chi connectivity index (χ0v) is 12.1. The van der Waals surface area contributed by atoms with Crippen LogP contribution in [0.4, 0.5) is 4.39 Å². The van der Waals surface area contributed by atoms with Crippen molar-refractivity contribution in [2.45, 2.75) is 38.9 Å². The molecule has 2 unspecified atom stereocenters. The Balaban J connectivity index is 2.29. The van der Waals surface area contributed by atoms with Crippen LogP contribution in [0, 0.1) is 5.82 Å². The van der Waals surface area contributed by atoms with Crippen molar-refractivity contribution in [1.82, 2.24) is 10.2 Å². The molecule has 1 fully saturated rings. The Labute approximate surface area is 118 Å². The number of nitrogens with one attached hydrogen (secondary N) is 1. The van der Waals surface area contributed by atoms with Crippen LogP contribution in [0.1, 0.15) is 38.4 Å². The number of carbonyl (C=O) groups excluding carboxylic acids is 1. The summed E-state index contributed by atoms with van der Waals surface area (Å²) < 4.78 is 18.8. The predicted octanol–water partition coefficient (Wildman–Crippen LogP) is 2.45. The van der Waals surface area contributed by atoms with Gasteiger partial charge in [-0.05, 0) is 30.5 Å². The fourth-order valence-corrected chi connectivity index (χ4v) is 2.58. The second-order valence-electron chi connectivity index (χ2n) is 4.96. The molecule has 20 heavy (non-hydrogen) atoms. The normalized spacial score (nSPS) is 22.4. The lowest BCUT2D eigenvalue weighted by Crippen LogP contribution is -2.31. The summed E-state index contributed by atoms with van der Waals surface area (Å²) in [5, 5.41) is 3.28. The molecule has 4 nitrogen and oxygen atoms in total. The van der Waals surface area contributed by atoms with E-state index in [0.29, 0.717) is 6.54 Å². The number of nitrogens with zero attached hydrogens (tertiary/aromatic N) is 1. The number of benzene rings is 1. The van der Waals surface area contributed by atoms with Gasteiger partial charge in [-0.1, -0.05) is 19.9 Å². The molecule has 1 aliphatic rings. The molecule has 1 N–H and O–H groups in total. The van der Waals surface area contributed by atoms with Gasteiger partial charge in [0.2, 0.25) is 5.91 Å². The average molecular weight is 280 g/mol. The van der Waals surface area contributed by atoms with Crippen LogP contribution in [-0.4, -0.2) is 30.5 Å². The van der Waals surface area contributed by atoms with Gasteiger partial charge in [-0.3, -0.25) is 10.1 Å². The lowest BCUT2D eigenvalue weighted by Gasteiger charge is -2.24. The highest BCUT2D eigenvalue weighted by molar-refractivity contribution is 5.84. The fraction of sp³-hybridized carbons (Fsp3) is 0.533. The van der Waals surface area contributed by atoms with Crippen molar-refractivity contribution in [3.05, 3.63) is 29.6 Å². The van der Waals surface area contributed by atoms with Crippen molar-refractivity contribution in [2.75, 3.05) is 13.7 Å². The van der Waals surface area contributed by atoms with Gasteiger partial charge >= 0.3 is 0 Å². The van der Waals surface area contributed by atoms with Crippen LogP contribution in [0.25, 0.3) is 0 Å². The van der Waals surface area contributed by atoms with Gasteiger partial charge < -0.3 is 9.64 Å². The maximum Gasteiger partial charge on any atom is 0.241 e. The van der Waals surface area contributed by atoms with Crippen molar-refractivity contribution in [3.63, 3.8) is 0 Å². The van der Waals surface area contributed by atoms with Crippen LogP contribution in [0.3, 0.4) is 0 Å². The Morgan fingerprint density at radius 1 is 1.40 bits per heavy atom. The number of carbonyl (C=O) groups is 1. The molecule has 1 heterocycles. The van der Waals surface area contributed by atoms with Gasteiger partial charge in [0.15, 0.2) is 11.6 Å². The summed E-state index contributed by atoms with van der Waals surface area (Å²) in [7, 11) is 1.44. The number of halogens is 1. The zero-order chi connectivity index (χ0) is 14.7. The highest BCUT2D eigenvalue weighted by Crippen LogP contribution is 2.29. The minimum atomic E-state index is -0.407. The van der Waals surface area contributed by atoms with E-state index in [1.54, 1.807) is 17.0 Å². The summed E-state index contributed by atoms with van der Waals surface area (Å²) >= 11 is 0. The fourth-order valence-electron chi connectivity index (χ4n) is 2.58. The third-order valence-corrected chi connectivity index (χ3v) is 3.62. The molecule has 0 spiro atoms. The molecule has 0 aliphatic carbocycles. The van der Waals surface area contributed by atoms with Crippen molar-refractivity contribution in [1.29, 1.82) is 0 Å². The molecule has 0 saturated carbocycles. The highest BCUT2D eigenvalue weighted by atomic mass is 19.1. The Hall–Kier alpha value is -1.62. The minimum absolute atomic E-state index is 0.0931. The summed E-state index contributed by atoms with van der Waals surface area (Å²) in [5.74, 6) is -0.0987. The highest BCUT2D eigenvalue weighted by Gasteiger charge is 2.38. The number of methoxy groups -OCH3 is 1. The molecule has 1 aromatic carbocycles. The van der Waals surface area contributed by atoms with E-state index in [0.717, 1.165) is 18.4 Å². The number of amides is 1. The third-order valence-electron chi connectivity index (χ3n) is 3.62. The summed E-state index contributed by atoms with van der Waals surface area (Å²) in [6.45, 7) is 4.66. The molecule has 1 saturated heterocycles. The minimum Gasteiger partial charge on any atom is -0.494 e. The average Bonchev–Trinajstić information content (AvgIpc) is 2.76. The second kappa shape index (κ2) is 6.22. The monoisotopic (exact) mass is 280 g/mol. The van der Waals surface area contributed by atoms with E-state index < -0.39 is 5.82 Å². The van der Waals surface area contributed by atoms with E-state index in [2.05, 4.69) is 5.32 Å². The molecular formula is C15H21FN2O2. The van der Waals surface area contributed by atoms with E-state index >= 15 is 0 Å². The molecule has 110 valence electrons. The number of hydrogen-bond acceptors (Lipinski definition) is 3. The first-order chi connectivity index (χ1) is 9.62. The van der Waals surface area contributed by atoms with Gasteiger partial charge in [0.25, 0.3) is 0 Å². The molecule has 2 rings (SSSR count). The second-order valence-corrected chi connectivity index (χ2v) is 4.96. The molecule has 1 aromatic rings. The topological polar surface area (TPSA) is 41.6 Å². The summed E-state index contributed by atoms with van der Waals surface area (Å²) in [5.41, 5.74) is 0.751. The van der Waals surface area contributed by atoms with Crippen molar-refractivity contribution < 1.29 is 13.9 Å². The van der Waals surface area contributed by atoms with E-state index in [1.165, 1.54) is 13.2 Å². The Kier molecular flexibility index (Phi) is 4.60. The van der Waals surface area contributed by atoms with Crippen molar-refractivity contribution in [3.8, 4) is 5.75 Å². The first-order valence-corrected chi connectivity index (χ1v) is 7.02. The Morgan fingerprint density at radius 2 is 2.15 bits per heavy atom. The summed E-state index contributed by atoms with van der Waals surface area (Å²) in [6, 6.07) is 4.65. The van der Waals surface area contributed by atoms with Crippen LogP contribution in [-0.2, 0) is 4.79 Å². The van der Waals surface area contributed by atoms with Gasteiger partial charge in [-0.15, -0.1) is 0 Å².